The minimum absolute atomic E-state index is 0.287. The van der Waals surface area contributed by atoms with Crippen molar-refractivity contribution in [1.29, 1.82) is 0 Å². The van der Waals surface area contributed by atoms with Gasteiger partial charge in [0.1, 0.15) is 0 Å². The van der Waals surface area contributed by atoms with E-state index >= 15 is 0 Å². The first-order chi connectivity index (χ1) is 8.81. The summed E-state index contributed by atoms with van der Waals surface area (Å²) in [5.41, 5.74) is 8.50. The van der Waals surface area contributed by atoms with E-state index in [9.17, 15) is 0 Å². The quantitative estimate of drug-likeness (QED) is 0.732. The Hall–Kier alpha value is -2.56. The zero-order chi connectivity index (χ0) is 12.4. The predicted octanol–water partition coefficient (Wildman–Crippen LogP) is 1.92. The number of nitrogens with two attached hydrogens (primary N) is 1. The molecule has 5 nitrogen and oxygen atoms in total. The molecule has 0 spiro atoms. The summed E-state index contributed by atoms with van der Waals surface area (Å²) in [6.07, 6.45) is 1.88. The van der Waals surface area contributed by atoms with Gasteiger partial charge in [-0.25, -0.2) is 4.52 Å². The number of aromatic nitrogens is 3. The maximum Gasteiger partial charge on any atom is 0.240 e. The number of fused-ring (bicyclic) bond motifs is 1. The summed E-state index contributed by atoms with van der Waals surface area (Å²) in [4.78, 5) is 4.07. The van der Waals surface area contributed by atoms with Crippen LogP contribution in [0.3, 0.4) is 0 Å². The maximum atomic E-state index is 5.54. The van der Waals surface area contributed by atoms with Gasteiger partial charge in [-0.2, -0.15) is 4.98 Å². The van der Waals surface area contributed by atoms with Gasteiger partial charge in [-0.15, -0.1) is 5.10 Å². The summed E-state index contributed by atoms with van der Waals surface area (Å²) in [7, 11) is 0. The van der Waals surface area contributed by atoms with Crippen LogP contribution in [0.4, 0.5) is 11.6 Å². The summed E-state index contributed by atoms with van der Waals surface area (Å²) in [6, 6.07) is 14.1. The van der Waals surface area contributed by atoms with Gasteiger partial charge in [0.15, 0.2) is 5.65 Å². The van der Waals surface area contributed by atoms with Crippen LogP contribution < -0.4 is 11.1 Å². The van der Waals surface area contributed by atoms with Crippen LogP contribution in [0.2, 0.25) is 0 Å². The number of anilines is 2. The van der Waals surface area contributed by atoms with Gasteiger partial charge in [-0.3, -0.25) is 0 Å². The lowest BCUT2D eigenvalue weighted by atomic mass is 10.2. The molecule has 90 valence electrons. The number of pyridine rings is 1. The van der Waals surface area contributed by atoms with Crippen LogP contribution in [0.15, 0.2) is 48.7 Å². The van der Waals surface area contributed by atoms with Gasteiger partial charge >= 0.3 is 0 Å². The van der Waals surface area contributed by atoms with Crippen molar-refractivity contribution < 1.29 is 0 Å². The van der Waals surface area contributed by atoms with Crippen LogP contribution in [0, 0.1) is 0 Å². The van der Waals surface area contributed by atoms with Gasteiger partial charge in [0, 0.05) is 6.54 Å². The summed E-state index contributed by atoms with van der Waals surface area (Å²) < 4.78 is 1.67. The van der Waals surface area contributed by atoms with E-state index in [0.29, 0.717) is 0 Å². The number of benzene rings is 1. The Morgan fingerprint density at radius 1 is 1.11 bits per heavy atom. The summed E-state index contributed by atoms with van der Waals surface area (Å²) in [5.74, 6) is 0.287. The van der Waals surface area contributed by atoms with E-state index in [2.05, 4.69) is 27.5 Å². The van der Waals surface area contributed by atoms with E-state index in [1.807, 2.05) is 36.5 Å². The third kappa shape index (κ3) is 2.10. The van der Waals surface area contributed by atoms with Gasteiger partial charge < -0.3 is 11.1 Å². The average molecular weight is 239 g/mol. The van der Waals surface area contributed by atoms with E-state index in [0.717, 1.165) is 17.9 Å². The second-order valence-electron chi connectivity index (χ2n) is 4.03. The molecule has 0 aliphatic carbocycles. The third-order valence-electron chi connectivity index (χ3n) is 2.69. The number of hydrogen-bond donors (Lipinski definition) is 2. The van der Waals surface area contributed by atoms with E-state index < -0.39 is 0 Å². The molecule has 3 rings (SSSR count). The van der Waals surface area contributed by atoms with Crippen molar-refractivity contribution in [2.24, 2.45) is 0 Å². The Labute approximate surface area is 104 Å². The number of nitrogens with zero attached hydrogens (tertiary/aromatic N) is 3. The van der Waals surface area contributed by atoms with Crippen LogP contribution in [-0.4, -0.2) is 14.6 Å². The minimum Gasteiger partial charge on any atom is -0.380 e. The fourth-order valence-electron chi connectivity index (χ4n) is 1.80. The highest BCUT2D eigenvalue weighted by Gasteiger charge is 2.00. The van der Waals surface area contributed by atoms with Crippen molar-refractivity contribution in [3.05, 3.63) is 54.2 Å². The van der Waals surface area contributed by atoms with Crippen LogP contribution in [0.1, 0.15) is 5.56 Å². The molecule has 2 heterocycles. The molecule has 0 bridgehead atoms. The fourth-order valence-corrected chi connectivity index (χ4v) is 1.80. The van der Waals surface area contributed by atoms with Gasteiger partial charge in [0.2, 0.25) is 5.95 Å². The topological polar surface area (TPSA) is 68.2 Å². The van der Waals surface area contributed by atoms with Crippen LogP contribution in [0.25, 0.3) is 5.65 Å². The van der Waals surface area contributed by atoms with Crippen LogP contribution in [0.5, 0.6) is 0 Å². The molecule has 0 unspecified atom stereocenters. The SMILES string of the molecule is Nc1nc2ccc(NCc3ccccc3)cn2n1. The Kier molecular flexibility index (Phi) is 2.57. The monoisotopic (exact) mass is 239 g/mol. The van der Waals surface area contributed by atoms with Crippen LogP contribution >= 0.6 is 0 Å². The second-order valence-corrected chi connectivity index (χ2v) is 4.03. The van der Waals surface area contributed by atoms with Crippen molar-refractivity contribution in [2.75, 3.05) is 11.1 Å². The highest BCUT2D eigenvalue weighted by Crippen LogP contribution is 2.11. The Bertz CT molecular complexity index is 659. The molecule has 0 amide bonds. The summed E-state index contributed by atoms with van der Waals surface area (Å²) in [5, 5.41) is 7.41. The molecular formula is C13H13N5. The third-order valence-corrected chi connectivity index (χ3v) is 2.69. The lowest BCUT2D eigenvalue weighted by Gasteiger charge is -2.06. The van der Waals surface area contributed by atoms with E-state index in [-0.39, 0.29) is 5.95 Å². The first kappa shape index (κ1) is 10.6. The standard InChI is InChI=1S/C13H13N5/c14-13-16-12-7-6-11(9-18(12)17-13)15-8-10-4-2-1-3-5-10/h1-7,9,15H,8H2,(H2,14,17). The molecule has 0 atom stereocenters. The molecular weight excluding hydrogens is 226 g/mol. The summed E-state index contributed by atoms with van der Waals surface area (Å²) in [6.45, 7) is 0.774. The van der Waals surface area contributed by atoms with E-state index in [4.69, 9.17) is 5.73 Å². The zero-order valence-electron chi connectivity index (χ0n) is 9.74. The average Bonchev–Trinajstić information content (AvgIpc) is 2.77. The van der Waals surface area contributed by atoms with Crippen molar-refractivity contribution >= 4 is 17.3 Å². The van der Waals surface area contributed by atoms with Gasteiger partial charge in [0.05, 0.1) is 11.9 Å². The van der Waals surface area contributed by atoms with Crippen molar-refractivity contribution in [2.45, 2.75) is 6.54 Å². The smallest absolute Gasteiger partial charge is 0.240 e. The second kappa shape index (κ2) is 4.37. The van der Waals surface area contributed by atoms with Crippen LogP contribution in [-0.2, 0) is 6.54 Å². The number of hydrogen-bond acceptors (Lipinski definition) is 4. The number of rotatable bonds is 3. The summed E-state index contributed by atoms with van der Waals surface area (Å²) >= 11 is 0. The first-order valence-electron chi connectivity index (χ1n) is 5.71. The molecule has 2 aromatic heterocycles. The van der Waals surface area contributed by atoms with Gasteiger partial charge in [0.25, 0.3) is 0 Å². The predicted molar refractivity (Wildman–Crippen MR) is 71.2 cm³/mol. The number of nitrogen functional groups attached to an aromatic ring is 1. The van der Waals surface area contributed by atoms with Gasteiger partial charge in [-0.1, -0.05) is 30.3 Å². The van der Waals surface area contributed by atoms with Crippen molar-refractivity contribution in [3.63, 3.8) is 0 Å². The highest BCUT2D eigenvalue weighted by atomic mass is 15.3. The maximum absolute atomic E-state index is 5.54. The largest absolute Gasteiger partial charge is 0.380 e. The van der Waals surface area contributed by atoms with Crippen molar-refractivity contribution in [3.8, 4) is 0 Å². The Morgan fingerprint density at radius 2 is 1.94 bits per heavy atom. The molecule has 3 N–H and O–H groups in total. The lowest BCUT2D eigenvalue weighted by Crippen LogP contribution is -2.00. The highest BCUT2D eigenvalue weighted by molar-refractivity contribution is 5.51. The molecule has 0 radical (unpaired) electrons. The fraction of sp³-hybridized carbons (Fsp3) is 0.0769. The molecule has 1 aromatic carbocycles. The Morgan fingerprint density at radius 3 is 2.78 bits per heavy atom. The lowest BCUT2D eigenvalue weighted by molar-refractivity contribution is 0.964. The van der Waals surface area contributed by atoms with Crippen molar-refractivity contribution in [1.82, 2.24) is 14.6 Å². The first-order valence-corrected chi connectivity index (χ1v) is 5.71. The normalized spacial score (nSPS) is 10.7. The molecule has 0 aliphatic rings. The van der Waals surface area contributed by atoms with E-state index in [1.165, 1.54) is 5.56 Å². The molecule has 0 saturated carbocycles. The van der Waals surface area contributed by atoms with E-state index in [1.54, 1.807) is 4.52 Å². The molecule has 3 aromatic rings. The molecule has 18 heavy (non-hydrogen) atoms. The molecule has 5 heteroatoms. The molecule has 0 fully saturated rings. The zero-order valence-corrected chi connectivity index (χ0v) is 9.74. The minimum atomic E-state index is 0.287. The number of nitrogens with one attached hydrogen (secondary N) is 1. The van der Waals surface area contributed by atoms with Gasteiger partial charge in [-0.05, 0) is 17.7 Å². The Balaban J connectivity index is 1.78. The molecule has 0 aliphatic heterocycles. The molecule has 0 saturated heterocycles.